The molecule has 0 bridgehead atoms. The second-order valence-electron chi connectivity index (χ2n) is 4.20. The number of benzene rings is 1. The lowest BCUT2D eigenvalue weighted by molar-refractivity contribution is -0.153. The molecule has 0 saturated heterocycles. The lowest BCUT2D eigenvalue weighted by atomic mass is 10.0. The highest BCUT2D eigenvalue weighted by molar-refractivity contribution is 5.78. The van der Waals surface area contributed by atoms with Crippen LogP contribution in [0, 0.1) is 6.92 Å². The van der Waals surface area contributed by atoms with Crippen molar-refractivity contribution >= 4 is 5.97 Å². The van der Waals surface area contributed by atoms with E-state index in [-0.39, 0.29) is 30.3 Å². The Bertz CT molecular complexity index is 499. The van der Waals surface area contributed by atoms with Crippen LogP contribution in [-0.2, 0) is 14.3 Å². The molecule has 1 aromatic rings. The maximum absolute atomic E-state index is 11.5. The van der Waals surface area contributed by atoms with Crippen molar-refractivity contribution in [3.63, 3.8) is 0 Å². The van der Waals surface area contributed by atoms with Crippen molar-refractivity contribution in [1.82, 2.24) is 0 Å². The summed E-state index contributed by atoms with van der Waals surface area (Å²) >= 11 is 0. The van der Waals surface area contributed by atoms with Crippen molar-refractivity contribution in [2.75, 3.05) is 20.0 Å². The highest BCUT2D eigenvalue weighted by Gasteiger charge is 2.26. The Morgan fingerprint density at radius 2 is 1.90 bits per heavy atom. The third kappa shape index (κ3) is 3.99. The van der Waals surface area contributed by atoms with E-state index in [9.17, 15) is 20.1 Å². The predicted octanol–water partition coefficient (Wildman–Crippen LogP) is 1.38. The smallest absolute Gasteiger partial charge is 0.339 e. The fourth-order valence-corrected chi connectivity index (χ4v) is 1.64. The summed E-state index contributed by atoms with van der Waals surface area (Å²) in [6.45, 7) is 5.38. The number of hydrogen-bond acceptors (Lipinski definition) is 7. The lowest BCUT2D eigenvalue weighted by Gasteiger charge is -2.17. The molecule has 0 aromatic heterocycles. The minimum atomic E-state index is -1.72. The van der Waals surface area contributed by atoms with Crippen LogP contribution < -0.4 is 4.74 Å². The van der Waals surface area contributed by atoms with Gasteiger partial charge in [0.25, 0.3) is 0 Å². The Labute approximate surface area is 122 Å². The molecule has 0 aliphatic rings. The summed E-state index contributed by atoms with van der Waals surface area (Å²) < 4.78 is 15.0. The van der Waals surface area contributed by atoms with E-state index in [1.54, 1.807) is 13.8 Å². The maximum atomic E-state index is 11.5. The van der Waals surface area contributed by atoms with Gasteiger partial charge in [0.05, 0.1) is 6.61 Å². The van der Waals surface area contributed by atoms with E-state index in [1.165, 1.54) is 13.0 Å². The molecule has 21 heavy (non-hydrogen) atoms. The maximum Gasteiger partial charge on any atom is 0.339 e. The Kier molecular flexibility index (Phi) is 6.26. The standard InChI is InChI=1S/C14H20O7/c1-4-19-7-21-10-6-9(12(16)11(15)8(10)3)13(17)14(18)20-5-2/h6,13,15-17H,4-5,7H2,1-3H3. The van der Waals surface area contributed by atoms with Crippen LogP contribution in [0.15, 0.2) is 6.07 Å². The first-order valence-electron chi connectivity index (χ1n) is 6.54. The summed E-state index contributed by atoms with van der Waals surface area (Å²) in [5.41, 5.74) is 0.0788. The largest absolute Gasteiger partial charge is 0.504 e. The predicted molar refractivity (Wildman–Crippen MR) is 73.2 cm³/mol. The Balaban J connectivity index is 3.11. The van der Waals surface area contributed by atoms with Gasteiger partial charge in [0.1, 0.15) is 5.75 Å². The molecular formula is C14H20O7. The molecule has 118 valence electrons. The zero-order valence-corrected chi connectivity index (χ0v) is 12.3. The molecule has 1 aromatic carbocycles. The van der Waals surface area contributed by atoms with Crippen LogP contribution in [0.25, 0.3) is 0 Å². The second-order valence-corrected chi connectivity index (χ2v) is 4.20. The quantitative estimate of drug-likeness (QED) is 0.302. The van der Waals surface area contributed by atoms with Gasteiger partial charge in [-0.1, -0.05) is 0 Å². The molecule has 3 N–H and O–H groups in total. The van der Waals surface area contributed by atoms with Gasteiger partial charge in [-0.25, -0.2) is 4.79 Å². The summed E-state index contributed by atoms with van der Waals surface area (Å²) in [6, 6.07) is 1.27. The number of phenolic OH excluding ortho intramolecular Hbond substituents is 2. The molecule has 0 aliphatic carbocycles. The second kappa shape index (κ2) is 7.70. The van der Waals surface area contributed by atoms with Crippen molar-refractivity contribution in [2.24, 2.45) is 0 Å². The van der Waals surface area contributed by atoms with Gasteiger partial charge >= 0.3 is 5.97 Å². The summed E-state index contributed by atoms with van der Waals surface area (Å²) in [7, 11) is 0. The van der Waals surface area contributed by atoms with E-state index < -0.39 is 23.6 Å². The summed E-state index contributed by atoms with van der Waals surface area (Å²) in [5, 5.41) is 29.6. The first-order chi connectivity index (χ1) is 9.93. The van der Waals surface area contributed by atoms with E-state index in [0.717, 1.165) is 0 Å². The molecule has 1 unspecified atom stereocenters. The Hall–Kier alpha value is -1.99. The molecule has 0 radical (unpaired) electrons. The van der Waals surface area contributed by atoms with Crippen LogP contribution in [0.4, 0.5) is 0 Å². The number of esters is 1. The van der Waals surface area contributed by atoms with Crippen LogP contribution in [0.5, 0.6) is 17.2 Å². The number of hydrogen-bond donors (Lipinski definition) is 3. The highest BCUT2D eigenvalue weighted by atomic mass is 16.7. The van der Waals surface area contributed by atoms with E-state index in [0.29, 0.717) is 6.61 Å². The van der Waals surface area contributed by atoms with Crippen LogP contribution in [0.1, 0.15) is 31.1 Å². The normalized spacial score (nSPS) is 12.0. The summed E-state index contributed by atoms with van der Waals surface area (Å²) in [4.78, 5) is 11.5. The Morgan fingerprint density at radius 1 is 1.24 bits per heavy atom. The number of phenols is 2. The van der Waals surface area contributed by atoms with Gasteiger partial charge < -0.3 is 29.5 Å². The summed E-state index contributed by atoms with van der Waals surface area (Å²) in [5.74, 6) is -1.79. The number of ether oxygens (including phenoxy) is 3. The Morgan fingerprint density at radius 3 is 2.48 bits per heavy atom. The van der Waals surface area contributed by atoms with Crippen LogP contribution in [-0.4, -0.2) is 41.3 Å². The van der Waals surface area contributed by atoms with Crippen LogP contribution in [0.3, 0.4) is 0 Å². The molecule has 7 nitrogen and oxygen atoms in total. The van der Waals surface area contributed by atoms with Crippen molar-refractivity contribution < 1.29 is 34.3 Å². The number of carbonyl (C=O) groups excluding carboxylic acids is 1. The van der Waals surface area contributed by atoms with Gasteiger partial charge in [-0.2, -0.15) is 0 Å². The average molecular weight is 300 g/mol. The van der Waals surface area contributed by atoms with E-state index in [2.05, 4.69) is 4.74 Å². The van der Waals surface area contributed by atoms with Crippen LogP contribution >= 0.6 is 0 Å². The molecule has 7 heteroatoms. The molecule has 0 saturated carbocycles. The van der Waals surface area contributed by atoms with Gasteiger partial charge in [0.2, 0.25) is 0 Å². The van der Waals surface area contributed by atoms with Gasteiger partial charge in [0.15, 0.2) is 24.4 Å². The third-order valence-corrected chi connectivity index (χ3v) is 2.82. The zero-order valence-electron chi connectivity index (χ0n) is 12.3. The summed E-state index contributed by atoms with van der Waals surface area (Å²) in [6.07, 6.45) is -1.72. The average Bonchev–Trinajstić information content (AvgIpc) is 2.47. The number of aliphatic hydroxyl groups excluding tert-OH is 1. The monoisotopic (exact) mass is 300 g/mol. The van der Waals surface area contributed by atoms with Crippen molar-refractivity contribution in [3.8, 4) is 17.2 Å². The van der Waals surface area contributed by atoms with Gasteiger partial charge in [-0.15, -0.1) is 0 Å². The van der Waals surface area contributed by atoms with Crippen LogP contribution in [0.2, 0.25) is 0 Å². The molecule has 0 fully saturated rings. The molecule has 0 aliphatic heterocycles. The van der Waals surface area contributed by atoms with Crippen molar-refractivity contribution in [1.29, 1.82) is 0 Å². The SMILES string of the molecule is CCOCOc1cc(C(O)C(=O)OCC)c(O)c(O)c1C. The molecular weight excluding hydrogens is 280 g/mol. The van der Waals surface area contributed by atoms with Gasteiger partial charge in [-0.3, -0.25) is 0 Å². The third-order valence-electron chi connectivity index (χ3n) is 2.82. The fourth-order valence-electron chi connectivity index (χ4n) is 1.64. The molecule has 0 spiro atoms. The lowest BCUT2D eigenvalue weighted by Crippen LogP contribution is -2.16. The minimum absolute atomic E-state index is 0.0590. The van der Waals surface area contributed by atoms with Gasteiger partial charge in [-0.05, 0) is 26.8 Å². The molecule has 1 rings (SSSR count). The van der Waals surface area contributed by atoms with Crippen molar-refractivity contribution in [2.45, 2.75) is 26.9 Å². The number of rotatable bonds is 7. The number of aromatic hydroxyl groups is 2. The topological polar surface area (TPSA) is 105 Å². The van der Waals surface area contributed by atoms with E-state index >= 15 is 0 Å². The molecule has 0 heterocycles. The molecule has 1 atom stereocenters. The molecule has 0 amide bonds. The fraction of sp³-hybridized carbons (Fsp3) is 0.500. The number of carbonyl (C=O) groups is 1. The van der Waals surface area contributed by atoms with E-state index in [1.807, 2.05) is 0 Å². The number of aliphatic hydroxyl groups is 1. The first kappa shape index (κ1) is 17.1. The highest BCUT2D eigenvalue weighted by Crippen LogP contribution is 2.41. The minimum Gasteiger partial charge on any atom is -0.504 e. The first-order valence-corrected chi connectivity index (χ1v) is 6.54. The van der Waals surface area contributed by atoms with Gasteiger partial charge in [0, 0.05) is 17.7 Å². The van der Waals surface area contributed by atoms with Crippen molar-refractivity contribution in [3.05, 3.63) is 17.2 Å². The zero-order chi connectivity index (χ0) is 16.0. The van der Waals surface area contributed by atoms with E-state index in [4.69, 9.17) is 9.47 Å².